The van der Waals surface area contributed by atoms with Crippen molar-refractivity contribution in [2.24, 2.45) is 0 Å². The standard InChI is InChI=1S/C14H18F2N4O2/c1-2-8(5-6-21)17-14(22)18-9-3-4-10-11(7-9)20-13(19-10)12(15)16/h3-4,7-8,12,21H,2,5-6H2,1H3,(H,19,20)(H2,17,18,22). The lowest BCUT2D eigenvalue weighted by molar-refractivity contribution is 0.142. The first-order valence-corrected chi connectivity index (χ1v) is 6.99. The van der Waals surface area contributed by atoms with Gasteiger partial charge in [0, 0.05) is 18.3 Å². The van der Waals surface area contributed by atoms with Crippen molar-refractivity contribution in [3.8, 4) is 0 Å². The minimum absolute atomic E-state index is 0.00467. The number of hydrogen-bond acceptors (Lipinski definition) is 3. The average Bonchev–Trinajstić information content (AvgIpc) is 2.90. The number of urea groups is 1. The zero-order valence-corrected chi connectivity index (χ0v) is 12.1. The van der Waals surface area contributed by atoms with E-state index in [1.807, 2.05) is 6.92 Å². The van der Waals surface area contributed by atoms with Crippen molar-refractivity contribution >= 4 is 22.8 Å². The highest BCUT2D eigenvalue weighted by molar-refractivity contribution is 5.92. The highest BCUT2D eigenvalue weighted by atomic mass is 19.3. The van der Waals surface area contributed by atoms with Crippen molar-refractivity contribution in [2.45, 2.75) is 32.2 Å². The number of fused-ring (bicyclic) bond motifs is 1. The van der Waals surface area contributed by atoms with Crippen molar-refractivity contribution in [3.63, 3.8) is 0 Å². The van der Waals surface area contributed by atoms with Gasteiger partial charge in [0.25, 0.3) is 6.43 Å². The second-order valence-corrected chi connectivity index (χ2v) is 4.87. The number of anilines is 1. The summed E-state index contributed by atoms with van der Waals surface area (Å²) in [7, 11) is 0. The van der Waals surface area contributed by atoms with E-state index in [4.69, 9.17) is 5.11 Å². The van der Waals surface area contributed by atoms with E-state index < -0.39 is 18.3 Å². The summed E-state index contributed by atoms with van der Waals surface area (Å²) in [5.74, 6) is -0.398. The van der Waals surface area contributed by atoms with Gasteiger partial charge in [-0.15, -0.1) is 0 Å². The van der Waals surface area contributed by atoms with Gasteiger partial charge in [0.2, 0.25) is 0 Å². The summed E-state index contributed by atoms with van der Waals surface area (Å²) in [6, 6.07) is 4.16. The van der Waals surface area contributed by atoms with E-state index in [0.717, 1.165) is 0 Å². The summed E-state index contributed by atoms with van der Waals surface area (Å²) < 4.78 is 25.2. The molecule has 1 unspecified atom stereocenters. The van der Waals surface area contributed by atoms with Crippen LogP contribution in [-0.2, 0) is 0 Å². The van der Waals surface area contributed by atoms with E-state index in [-0.39, 0.29) is 12.6 Å². The maximum atomic E-state index is 12.6. The number of aliphatic hydroxyl groups excluding tert-OH is 1. The summed E-state index contributed by atoms with van der Waals surface area (Å²) in [5.41, 5.74) is 1.30. The van der Waals surface area contributed by atoms with Crippen molar-refractivity contribution in [1.82, 2.24) is 15.3 Å². The third-order valence-electron chi connectivity index (χ3n) is 3.27. The predicted octanol–water partition coefficient (Wildman–Crippen LogP) is 2.78. The van der Waals surface area contributed by atoms with Crippen LogP contribution in [0.5, 0.6) is 0 Å². The molecule has 2 amide bonds. The number of rotatable bonds is 6. The largest absolute Gasteiger partial charge is 0.396 e. The third-order valence-corrected chi connectivity index (χ3v) is 3.27. The molecule has 2 aromatic rings. The number of halogens is 2. The molecule has 22 heavy (non-hydrogen) atoms. The Morgan fingerprint density at radius 2 is 2.23 bits per heavy atom. The van der Waals surface area contributed by atoms with Crippen LogP contribution in [0.1, 0.15) is 32.0 Å². The van der Waals surface area contributed by atoms with Crippen LogP contribution in [0.4, 0.5) is 19.3 Å². The number of hydrogen-bond donors (Lipinski definition) is 4. The number of carbonyl (C=O) groups is 1. The minimum atomic E-state index is -2.67. The molecule has 0 spiro atoms. The van der Waals surface area contributed by atoms with Crippen LogP contribution in [0.25, 0.3) is 11.0 Å². The molecule has 0 saturated carbocycles. The molecule has 0 aliphatic carbocycles. The maximum Gasteiger partial charge on any atom is 0.319 e. The number of nitrogens with one attached hydrogen (secondary N) is 3. The van der Waals surface area contributed by atoms with E-state index in [9.17, 15) is 13.6 Å². The van der Waals surface area contributed by atoms with E-state index >= 15 is 0 Å². The van der Waals surface area contributed by atoms with Crippen LogP contribution in [0.3, 0.4) is 0 Å². The lowest BCUT2D eigenvalue weighted by Gasteiger charge is -2.16. The van der Waals surface area contributed by atoms with Crippen LogP contribution >= 0.6 is 0 Å². The number of benzene rings is 1. The molecule has 8 heteroatoms. The summed E-state index contributed by atoms with van der Waals surface area (Å²) in [5, 5.41) is 14.3. The molecule has 1 aromatic heterocycles. The smallest absolute Gasteiger partial charge is 0.319 e. The second-order valence-electron chi connectivity index (χ2n) is 4.87. The van der Waals surface area contributed by atoms with Gasteiger partial charge in [-0.2, -0.15) is 0 Å². The van der Waals surface area contributed by atoms with Gasteiger partial charge in [-0.25, -0.2) is 18.6 Å². The van der Waals surface area contributed by atoms with Crippen LogP contribution < -0.4 is 10.6 Å². The Balaban J connectivity index is 2.06. The molecule has 120 valence electrons. The number of aromatic amines is 1. The van der Waals surface area contributed by atoms with Crippen LogP contribution in [-0.4, -0.2) is 33.8 Å². The number of nitrogens with zero attached hydrogens (tertiary/aromatic N) is 1. The first kappa shape index (κ1) is 16.2. The number of H-pyrrole nitrogens is 1. The Hall–Kier alpha value is -2.22. The SMILES string of the molecule is CCC(CCO)NC(=O)Nc1ccc2nc(C(F)F)[nH]c2c1. The number of alkyl halides is 2. The first-order valence-electron chi connectivity index (χ1n) is 6.99. The van der Waals surface area contributed by atoms with Gasteiger partial charge in [-0.05, 0) is 31.0 Å². The van der Waals surface area contributed by atoms with Gasteiger partial charge in [-0.1, -0.05) is 6.92 Å². The molecule has 2 rings (SSSR count). The van der Waals surface area contributed by atoms with Crippen molar-refractivity contribution in [2.75, 3.05) is 11.9 Å². The normalized spacial score (nSPS) is 12.6. The molecular weight excluding hydrogens is 294 g/mol. The second kappa shape index (κ2) is 7.17. The van der Waals surface area contributed by atoms with Crippen molar-refractivity contribution in [3.05, 3.63) is 24.0 Å². The molecule has 1 atom stereocenters. The summed E-state index contributed by atoms with van der Waals surface area (Å²) in [6.45, 7) is 1.90. The molecule has 0 aliphatic rings. The minimum Gasteiger partial charge on any atom is -0.396 e. The van der Waals surface area contributed by atoms with E-state index in [1.165, 1.54) is 0 Å². The number of amides is 2. The molecule has 6 nitrogen and oxygen atoms in total. The van der Waals surface area contributed by atoms with Gasteiger partial charge in [0.05, 0.1) is 11.0 Å². The number of aromatic nitrogens is 2. The summed E-state index contributed by atoms with van der Waals surface area (Å²) >= 11 is 0. The van der Waals surface area contributed by atoms with Crippen LogP contribution in [0, 0.1) is 0 Å². The summed E-state index contributed by atoms with van der Waals surface area (Å²) in [4.78, 5) is 18.1. The molecule has 0 aliphatic heterocycles. The van der Waals surface area contributed by atoms with E-state index in [2.05, 4.69) is 20.6 Å². The molecule has 0 fully saturated rings. The van der Waals surface area contributed by atoms with E-state index in [1.54, 1.807) is 18.2 Å². The fourth-order valence-corrected chi connectivity index (χ4v) is 2.10. The Kier molecular flexibility index (Phi) is 5.26. The van der Waals surface area contributed by atoms with Crippen molar-refractivity contribution < 1.29 is 18.7 Å². The Labute approximate surface area is 125 Å². The molecular formula is C14H18F2N4O2. The van der Waals surface area contributed by atoms with Crippen molar-refractivity contribution in [1.29, 1.82) is 0 Å². The highest BCUT2D eigenvalue weighted by Crippen LogP contribution is 2.22. The van der Waals surface area contributed by atoms with E-state index in [0.29, 0.717) is 29.6 Å². The quantitative estimate of drug-likeness (QED) is 0.661. The number of carbonyl (C=O) groups excluding carboxylic acids is 1. The number of imidazole rings is 1. The lowest BCUT2D eigenvalue weighted by Crippen LogP contribution is -2.38. The number of aliphatic hydroxyl groups is 1. The van der Waals surface area contributed by atoms with Gasteiger partial charge in [0.1, 0.15) is 0 Å². The Morgan fingerprint density at radius 3 is 2.86 bits per heavy atom. The molecule has 0 bridgehead atoms. The Bertz CT molecular complexity index is 645. The van der Waals surface area contributed by atoms with Crippen LogP contribution in [0.15, 0.2) is 18.2 Å². The molecule has 0 saturated heterocycles. The highest BCUT2D eigenvalue weighted by Gasteiger charge is 2.14. The molecule has 4 N–H and O–H groups in total. The fraction of sp³-hybridized carbons (Fsp3) is 0.429. The van der Waals surface area contributed by atoms with Gasteiger partial charge in [-0.3, -0.25) is 0 Å². The summed E-state index contributed by atoms with van der Waals surface area (Å²) in [6.07, 6.45) is -1.50. The molecule has 0 radical (unpaired) electrons. The maximum absolute atomic E-state index is 12.6. The Morgan fingerprint density at radius 1 is 1.45 bits per heavy atom. The van der Waals surface area contributed by atoms with Crippen LogP contribution in [0.2, 0.25) is 0 Å². The van der Waals surface area contributed by atoms with Gasteiger partial charge >= 0.3 is 6.03 Å². The lowest BCUT2D eigenvalue weighted by atomic mass is 10.2. The molecule has 1 heterocycles. The third kappa shape index (κ3) is 3.91. The fourth-order valence-electron chi connectivity index (χ4n) is 2.10. The zero-order valence-electron chi connectivity index (χ0n) is 12.1. The predicted molar refractivity (Wildman–Crippen MR) is 79.0 cm³/mol. The first-order chi connectivity index (χ1) is 10.5. The average molecular weight is 312 g/mol. The topological polar surface area (TPSA) is 90.0 Å². The molecule has 1 aromatic carbocycles. The van der Waals surface area contributed by atoms with Gasteiger partial charge < -0.3 is 20.7 Å². The van der Waals surface area contributed by atoms with Gasteiger partial charge in [0.15, 0.2) is 5.82 Å². The monoisotopic (exact) mass is 312 g/mol. The zero-order chi connectivity index (χ0) is 16.1.